The zero-order chi connectivity index (χ0) is 19.5. The number of carbonyl (C=O) groups is 3. The Morgan fingerprint density at radius 1 is 1.23 bits per heavy atom. The average molecular weight is 360 g/mol. The molecular weight excluding hydrogens is 332 g/mol. The number of amides is 4. The highest BCUT2D eigenvalue weighted by Crippen LogP contribution is 2.29. The monoisotopic (exact) mass is 360 g/mol. The van der Waals surface area contributed by atoms with Crippen molar-refractivity contribution in [3.63, 3.8) is 0 Å². The molecule has 1 saturated heterocycles. The van der Waals surface area contributed by atoms with E-state index in [2.05, 4.69) is 10.6 Å². The molecule has 4 N–H and O–H groups in total. The van der Waals surface area contributed by atoms with Gasteiger partial charge in [-0.3, -0.25) is 14.5 Å². The normalized spacial score (nSPS) is 20.3. The zero-order valence-electron chi connectivity index (χ0n) is 15.9. The van der Waals surface area contributed by atoms with E-state index in [0.29, 0.717) is 24.9 Å². The summed E-state index contributed by atoms with van der Waals surface area (Å²) < 4.78 is 0. The SMILES string of the molecule is CCC(CC)(CN)NC(=O)CN1C(=O)NC(C)(c2ccc(C)cc2)C1=O. The Bertz CT molecular complexity index is 689. The molecule has 1 heterocycles. The van der Waals surface area contributed by atoms with E-state index >= 15 is 0 Å². The third kappa shape index (κ3) is 3.58. The van der Waals surface area contributed by atoms with Crippen molar-refractivity contribution < 1.29 is 14.4 Å². The first kappa shape index (κ1) is 19.9. The Morgan fingerprint density at radius 3 is 2.31 bits per heavy atom. The Morgan fingerprint density at radius 2 is 1.81 bits per heavy atom. The fraction of sp³-hybridized carbons (Fsp3) is 0.526. The molecule has 0 aliphatic carbocycles. The van der Waals surface area contributed by atoms with Crippen LogP contribution in [0.2, 0.25) is 0 Å². The second-order valence-corrected chi connectivity index (χ2v) is 7.05. The minimum atomic E-state index is -1.18. The maximum Gasteiger partial charge on any atom is 0.325 e. The molecule has 1 aromatic carbocycles. The van der Waals surface area contributed by atoms with Crippen molar-refractivity contribution in [3.8, 4) is 0 Å². The van der Waals surface area contributed by atoms with E-state index in [-0.39, 0.29) is 6.54 Å². The lowest BCUT2D eigenvalue weighted by molar-refractivity contribution is -0.135. The van der Waals surface area contributed by atoms with Gasteiger partial charge in [0, 0.05) is 6.54 Å². The van der Waals surface area contributed by atoms with Gasteiger partial charge < -0.3 is 16.4 Å². The molecule has 1 aliphatic heterocycles. The number of hydrogen-bond donors (Lipinski definition) is 3. The Hall–Kier alpha value is -2.41. The maximum absolute atomic E-state index is 12.9. The predicted octanol–water partition coefficient (Wildman–Crippen LogP) is 1.40. The molecule has 0 spiro atoms. The number of rotatable bonds is 7. The zero-order valence-corrected chi connectivity index (χ0v) is 15.9. The molecule has 7 heteroatoms. The van der Waals surface area contributed by atoms with Gasteiger partial charge in [-0.05, 0) is 32.3 Å². The van der Waals surface area contributed by atoms with Gasteiger partial charge in [0.25, 0.3) is 5.91 Å². The largest absolute Gasteiger partial charge is 0.348 e. The summed E-state index contributed by atoms with van der Waals surface area (Å²) in [5, 5.41) is 5.59. The van der Waals surface area contributed by atoms with Gasteiger partial charge in [0.05, 0.1) is 5.54 Å². The van der Waals surface area contributed by atoms with Crippen molar-refractivity contribution >= 4 is 17.8 Å². The van der Waals surface area contributed by atoms with Crippen LogP contribution in [0.4, 0.5) is 4.79 Å². The van der Waals surface area contributed by atoms with E-state index in [0.717, 1.165) is 10.5 Å². The summed E-state index contributed by atoms with van der Waals surface area (Å²) in [6.45, 7) is 7.46. The molecule has 1 aromatic rings. The number of hydrogen-bond acceptors (Lipinski definition) is 4. The molecule has 1 atom stereocenters. The molecular formula is C19H28N4O3. The lowest BCUT2D eigenvalue weighted by Crippen LogP contribution is -2.55. The van der Waals surface area contributed by atoms with Gasteiger partial charge in [0.1, 0.15) is 12.1 Å². The Balaban J connectivity index is 2.16. The molecule has 0 radical (unpaired) electrons. The summed E-state index contributed by atoms with van der Waals surface area (Å²) in [5.41, 5.74) is 5.85. The van der Waals surface area contributed by atoms with E-state index in [9.17, 15) is 14.4 Å². The topological polar surface area (TPSA) is 105 Å². The third-order valence-electron chi connectivity index (χ3n) is 5.35. The number of aryl methyl sites for hydroxylation is 1. The molecule has 142 valence electrons. The van der Waals surface area contributed by atoms with E-state index < -0.39 is 28.9 Å². The van der Waals surface area contributed by atoms with Gasteiger partial charge in [0.15, 0.2) is 0 Å². The van der Waals surface area contributed by atoms with Crippen LogP contribution in [-0.4, -0.2) is 41.4 Å². The van der Waals surface area contributed by atoms with Crippen LogP contribution in [0.1, 0.15) is 44.7 Å². The van der Waals surface area contributed by atoms with Crippen molar-refractivity contribution in [2.24, 2.45) is 5.73 Å². The first-order chi connectivity index (χ1) is 12.2. The summed E-state index contributed by atoms with van der Waals surface area (Å²) in [5.74, 6) is -0.830. The quantitative estimate of drug-likeness (QED) is 0.639. The van der Waals surface area contributed by atoms with E-state index in [1.165, 1.54) is 0 Å². The summed E-state index contributed by atoms with van der Waals surface area (Å²) in [7, 11) is 0. The molecule has 1 fully saturated rings. The number of urea groups is 1. The lowest BCUT2D eigenvalue weighted by atomic mass is 9.91. The summed E-state index contributed by atoms with van der Waals surface area (Å²) in [6.07, 6.45) is 1.35. The molecule has 0 saturated carbocycles. The molecule has 0 bridgehead atoms. The van der Waals surface area contributed by atoms with Crippen LogP contribution in [-0.2, 0) is 15.1 Å². The van der Waals surface area contributed by atoms with Crippen LogP contribution < -0.4 is 16.4 Å². The van der Waals surface area contributed by atoms with Crippen molar-refractivity contribution in [2.45, 2.75) is 51.6 Å². The van der Waals surface area contributed by atoms with E-state index in [4.69, 9.17) is 5.73 Å². The fourth-order valence-corrected chi connectivity index (χ4v) is 3.17. The van der Waals surface area contributed by atoms with Crippen molar-refractivity contribution in [3.05, 3.63) is 35.4 Å². The van der Waals surface area contributed by atoms with Crippen molar-refractivity contribution in [1.29, 1.82) is 0 Å². The van der Waals surface area contributed by atoms with Gasteiger partial charge in [-0.25, -0.2) is 4.79 Å². The summed E-state index contributed by atoms with van der Waals surface area (Å²) in [6, 6.07) is 6.82. The van der Waals surface area contributed by atoms with Gasteiger partial charge in [-0.15, -0.1) is 0 Å². The first-order valence-electron chi connectivity index (χ1n) is 8.93. The summed E-state index contributed by atoms with van der Waals surface area (Å²) >= 11 is 0. The number of carbonyl (C=O) groups excluding carboxylic acids is 3. The minimum Gasteiger partial charge on any atom is -0.348 e. The highest BCUT2D eigenvalue weighted by atomic mass is 16.2. The van der Waals surface area contributed by atoms with Gasteiger partial charge in [0.2, 0.25) is 5.91 Å². The first-order valence-corrected chi connectivity index (χ1v) is 8.93. The highest BCUT2D eigenvalue weighted by Gasteiger charge is 2.49. The predicted molar refractivity (Wildman–Crippen MR) is 99.3 cm³/mol. The van der Waals surface area contributed by atoms with Crippen LogP contribution in [0.5, 0.6) is 0 Å². The smallest absolute Gasteiger partial charge is 0.325 e. The molecule has 2 rings (SSSR count). The van der Waals surface area contributed by atoms with Gasteiger partial charge in [-0.2, -0.15) is 0 Å². The molecule has 4 amide bonds. The maximum atomic E-state index is 12.9. The van der Waals surface area contributed by atoms with Crippen molar-refractivity contribution in [1.82, 2.24) is 15.5 Å². The number of nitrogens with zero attached hydrogens (tertiary/aromatic N) is 1. The van der Waals surface area contributed by atoms with Crippen LogP contribution in [0, 0.1) is 6.92 Å². The minimum absolute atomic E-state index is 0.299. The van der Waals surface area contributed by atoms with Crippen molar-refractivity contribution in [2.75, 3.05) is 13.1 Å². The van der Waals surface area contributed by atoms with Crippen LogP contribution >= 0.6 is 0 Å². The second-order valence-electron chi connectivity index (χ2n) is 7.05. The number of benzene rings is 1. The number of nitrogens with two attached hydrogens (primary N) is 1. The number of imide groups is 1. The van der Waals surface area contributed by atoms with E-state index in [1.807, 2.05) is 45.0 Å². The fourth-order valence-electron chi connectivity index (χ4n) is 3.17. The molecule has 1 aliphatic rings. The van der Waals surface area contributed by atoms with Crippen LogP contribution in [0.3, 0.4) is 0 Å². The van der Waals surface area contributed by atoms with E-state index in [1.54, 1.807) is 6.92 Å². The number of nitrogens with one attached hydrogen (secondary N) is 2. The highest BCUT2D eigenvalue weighted by molar-refractivity contribution is 6.09. The van der Waals surface area contributed by atoms with Gasteiger partial charge >= 0.3 is 6.03 Å². The van der Waals surface area contributed by atoms with Crippen LogP contribution in [0.25, 0.3) is 0 Å². The Labute approximate surface area is 154 Å². The molecule has 0 aromatic heterocycles. The second kappa shape index (κ2) is 7.45. The molecule has 26 heavy (non-hydrogen) atoms. The third-order valence-corrected chi connectivity index (χ3v) is 5.35. The Kier molecular flexibility index (Phi) is 5.71. The van der Waals surface area contributed by atoms with Crippen LogP contribution in [0.15, 0.2) is 24.3 Å². The van der Waals surface area contributed by atoms with Gasteiger partial charge in [-0.1, -0.05) is 43.7 Å². The standard InChI is InChI=1S/C19H28N4O3/c1-5-19(6-2,12-20)21-15(24)11-23-16(25)18(4,22-17(23)26)14-9-7-13(3)8-10-14/h7-10H,5-6,11-12,20H2,1-4H3,(H,21,24)(H,22,26). The molecule has 7 nitrogen and oxygen atoms in total. The average Bonchev–Trinajstić information content (AvgIpc) is 2.84. The summed E-state index contributed by atoms with van der Waals surface area (Å²) in [4.78, 5) is 38.6. The lowest BCUT2D eigenvalue weighted by Gasteiger charge is -2.32. The molecule has 1 unspecified atom stereocenters.